The molecule has 122 valence electrons. The number of carbonyl (C=O) groups excluding carboxylic acids is 1. The van der Waals surface area contributed by atoms with Crippen molar-refractivity contribution in [3.8, 4) is 0 Å². The molecule has 1 aliphatic rings. The van der Waals surface area contributed by atoms with Crippen molar-refractivity contribution in [2.24, 2.45) is 0 Å². The van der Waals surface area contributed by atoms with E-state index in [0.717, 1.165) is 32.1 Å². The number of hydrogen-bond donors (Lipinski definition) is 3. The van der Waals surface area contributed by atoms with Crippen LogP contribution in [0.4, 0.5) is 5.95 Å². The summed E-state index contributed by atoms with van der Waals surface area (Å²) >= 11 is 0. The minimum atomic E-state index is -0.381. The topological polar surface area (TPSA) is 123 Å². The predicted molar refractivity (Wildman–Crippen MR) is 81.7 cm³/mol. The fourth-order valence-electron chi connectivity index (χ4n) is 2.39. The first-order chi connectivity index (χ1) is 11.2. The standard InChI is InChI=1S/C13H18N8O2/c22-11(16-8-10-17-13(23)19-18-10)9-20-4-6-21(7-5-20)12-14-2-1-3-15-12/h1-3H,4-9H2,(H,16,22)(H2,17,18,19,23). The molecule has 0 unspecified atom stereocenters. The van der Waals surface area contributed by atoms with Crippen molar-refractivity contribution in [1.29, 1.82) is 0 Å². The van der Waals surface area contributed by atoms with E-state index in [0.29, 0.717) is 12.4 Å². The molecule has 3 rings (SSSR count). The van der Waals surface area contributed by atoms with Gasteiger partial charge in [0.05, 0.1) is 13.1 Å². The zero-order valence-corrected chi connectivity index (χ0v) is 12.5. The zero-order chi connectivity index (χ0) is 16.1. The number of carbonyl (C=O) groups is 1. The fourth-order valence-corrected chi connectivity index (χ4v) is 2.39. The maximum absolute atomic E-state index is 11.9. The highest BCUT2D eigenvalue weighted by Crippen LogP contribution is 2.09. The zero-order valence-electron chi connectivity index (χ0n) is 12.5. The number of hydrogen-bond acceptors (Lipinski definition) is 7. The summed E-state index contributed by atoms with van der Waals surface area (Å²) in [7, 11) is 0. The van der Waals surface area contributed by atoms with Crippen LogP contribution >= 0.6 is 0 Å². The van der Waals surface area contributed by atoms with E-state index in [-0.39, 0.29) is 18.1 Å². The van der Waals surface area contributed by atoms with Crippen LogP contribution < -0.4 is 15.9 Å². The van der Waals surface area contributed by atoms with Crippen molar-refractivity contribution in [1.82, 2.24) is 35.4 Å². The normalized spacial score (nSPS) is 15.6. The molecule has 1 aliphatic heterocycles. The summed E-state index contributed by atoms with van der Waals surface area (Å²) in [4.78, 5) is 37.9. The monoisotopic (exact) mass is 318 g/mol. The van der Waals surface area contributed by atoms with Crippen LogP contribution in [0.3, 0.4) is 0 Å². The van der Waals surface area contributed by atoms with Gasteiger partial charge in [0.1, 0.15) is 5.82 Å². The molecule has 10 heteroatoms. The third-order valence-electron chi connectivity index (χ3n) is 3.58. The van der Waals surface area contributed by atoms with Gasteiger partial charge in [-0.05, 0) is 6.07 Å². The van der Waals surface area contributed by atoms with E-state index in [4.69, 9.17) is 0 Å². The maximum Gasteiger partial charge on any atom is 0.340 e. The molecule has 0 aliphatic carbocycles. The Labute approximate surface area is 131 Å². The van der Waals surface area contributed by atoms with Gasteiger partial charge in [-0.3, -0.25) is 14.7 Å². The average Bonchev–Trinajstić information content (AvgIpc) is 3.00. The van der Waals surface area contributed by atoms with Crippen LogP contribution in [-0.4, -0.2) is 68.7 Å². The second-order valence-electron chi connectivity index (χ2n) is 5.21. The number of rotatable bonds is 5. The summed E-state index contributed by atoms with van der Waals surface area (Å²) in [6.45, 7) is 3.62. The van der Waals surface area contributed by atoms with Gasteiger partial charge in [0, 0.05) is 38.6 Å². The molecule has 2 aromatic heterocycles. The predicted octanol–water partition coefficient (Wildman–Crippen LogP) is -1.67. The van der Waals surface area contributed by atoms with Crippen molar-refractivity contribution in [2.75, 3.05) is 37.6 Å². The lowest BCUT2D eigenvalue weighted by atomic mass is 10.3. The Kier molecular flexibility index (Phi) is 4.62. The van der Waals surface area contributed by atoms with Crippen LogP contribution in [-0.2, 0) is 11.3 Å². The SMILES string of the molecule is O=C(CN1CCN(c2ncccn2)CC1)NCc1n[nH]c(=O)[nH]1. The van der Waals surface area contributed by atoms with Gasteiger partial charge in [-0.15, -0.1) is 0 Å². The smallest absolute Gasteiger partial charge is 0.340 e. The van der Waals surface area contributed by atoms with Crippen molar-refractivity contribution in [3.05, 3.63) is 34.8 Å². The molecule has 3 N–H and O–H groups in total. The molecule has 0 atom stereocenters. The fraction of sp³-hybridized carbons (Fsp3) is 0.462. The Hall–Kier alpha value is -2.75. The summed E-state index contributed by atoms with van der Waals surface area (Å²) in [6.07, 6.45) is 3.45. The Bertz CT molecular complexity index is 689. The summed E-state index contributed by atoms with van der Waals surface area (Å²) in [5.41, 5.74) is -0.381. The summed E-state index contributed by atoms with van der Waals surface area (Å²) < 4.78 is 0. The molecule has 10 nitrogen and oxygen atoms in total. The number of amides is 1. The highest BCUT2D eigenvalue weighted by Gasteiger charge is 2.20. The van der Waals surface area contributed by atoms with Gasteiger partial charge in [-0.2, -0.15) is 5.10 Å². The number of anilines is 1. The molecular weight excluding hydrogens is 300 g/mol. The molecule has 3 heterocycles. The minimum Gasteiger partial charge on any atom is -0.348 e. The molecule has 1 amide bonds. The first-order valence-electron chi connectivity index (χ1n) is 7.35. The average molecular weight is 318 g/mol. The van der Waals surface area contributed by atoms with Crippen molar-refractivity contribution >= 4 is 11.9 Å². The van der Waals surface area contributed by atoms with Gasteiger partial charge in [-0.1, -0.05) is 0 Å². The number of H-pyrrole nitrogens is 2. The third-order valence-corrected chi connectivity index (χ3v) is 3.58. The van der Waals surface area contributed by atoms with E-state index in [1.54, 1.807) is 18.5 Å². The van der Waals surface area contributed by atoms with E-state index in [1.807, 2.05) is 0 Å². The quantitative estimate of drug-likeness (QED) is 0.602. The van der Waals surface area contributed by atoms with E-state index >= 15 is 0 Å². The summed E-state index contributed by atoms with van der Waals surface area (Å²) in [6, 6.07) is 1.79. The van der Waals surface area contributed by atoms with E-state index in [2.05, 4.69) is 40.3 Å². The molecule has 1 saturated heterocycles. The Morgan fingerprint density at radius 1 is 1.22 bits per heavy atom. The lowest BCUT2D eigenvalue weighted by molar-refractivity contribution is -0.122. The molecule has 23 heavy (non-hydrogen) atoms. The molecule has 0 spiro atoms. The van der Waals surface area contributed by atoms with Gasteiger partial charge >= 0.3 is 5.69 Å². The van der Waals surface area contributed by atoms with Crippen molar-refractivity contribution in [3.63, 3.8) is 0 Å². The minimum absolute atomic E-state index is 0.0988. The number of aromatic amines is 2. The van der Waals surface area contributed by atoms with Crippen LogP contribution in [0.1, 0.15) is 5.82 Å². The van der Waals surface area contributed by atoms with Crippen LogP contribution in [0.25, 0.3) is 0 Å². The first-order valence-corrected chi connectivity index (χ1v) is 7.35. The van der Waals surface area contributed by atoms with Gasteiger partial charge in [0.2, 0.25) is 11.9 Å². The largest absolute Gasteiger partial charge is 0.348 e. The van der Waals surface area contributed by atoms with Crippen LogP contribution in [0.2, 0.25) is 0 Å². The lowest BCUT2D eigenvalue weighted by Crippen LogP contribution is -2.49. The molecule has 0 radical (unpaired) electrons. The number of aromatic nitrogens is 5. The molecule has 0 bridgehead atoms. The second-order valence-corrected chi connectivity index (χ2v) is 5.21. The third kappa shape index (κ3) is 4.13. The summed E-state index contributed by atoms with van der Waals surface area (Å²) in [5, 5.41) is 8.72. The van der Waals surface area contributed by atoms with Crippen molar-refractivity contribution in [2.45, 2.75) is 6.54 Å². The van der Waals surface area contributed by atoms with Crippen LogP contribution in [0.5, 0.6) is 0 Å². The number of piperazine rings is 1. The van der Waals surface area contributed by atoms with E-state index < -0.39 is 0 Å². The van der Waals surface area contributed by atoms with Crippen molar-refractivity contribution < 1.29 is 4.79 Å². The molecule has 1 fully saturated rings. The molecular formula is C13H18N8O2. The maximum atomic E-state index is 11.9. The Morgan fingerprint density at radius 2 is 1.96 bits per heavy atom. The second kappa shape index (κ2) is 7.01. The van der Waals surface area contributed by atoms with Crippen LogP contribution in [0.15, 0.2) is 23.3 Å². The summed E-state index contributed by atoms with van der Waals surface area (Å²) in [5.74, 6) is 1.03. The van der Waals surface area contributed by atoms with Gasteiger partial charge in [0.15, 0.2) is 0 Å². The van der Waals surface area contributed by atoms with E-state index in [1.165, 1.54) is 0 Å². The Balaban J connectivity index is 1.41. The van der Waals surface area contributed by atoms with Crippen LogP contribution in [0, 0.1) is 0 Å². The first kappa shape index (κ1) is 15.2. The van der Waals surface area contributed by atoms with E-state index in [9.17, 15) is 9.59 Å². The highest BCUT2D eigenvalue weighted by atomic mass is 16.2. The van der Waals surface area contributed by atoms with Gasteiger partial charge < -0.3 is 10.2 Å². The lowest BCUT2D eigenvalue weighted by Gasteiger charge is -2.34. The van der Waals surface area contributed by atoms with Gasteiger partial charge in [-0.25, -0.2) is 19.9 Å². The number of nitrogens with zero attached hydrogens (tertiary/aromatic N) is 5. The molecule has 2 aromatic rings. The Morgan fingerprint density at radius 3 is 2.61 bits per heavy atom. The number of nitrogens with one attached hydrogen (secondary N) is 3. The van der Waals surface area contributed by atoms with Gasteiger partial charge in [0.25, 0.3) is 0 Å². The highest BCUT2D eigenvalue weighted by molar-refractivity contribution is 5.77. The molecule has 0 aromatic carbocycles. The molecule has 0 saturated carbocycles.